The number of aryl methyl sites for hydroxylation is 1. The van der Waals surface area contributed by atoms with E-state index in [2.05, 4.69) is 29.2 Å². The lowest BCUT2D eigenvalue weighted by molar-refractivity contribution is -1.02. The highest BCUT2D eigenvalue weighted by Crippen LogP contribution is 2.29. The molecule has 0 atom stereocenters. The Bertz CT molecular complexity index is 966. The molecule has 7 heteroatoms. The van der Waals surface area contributed by atoms with Gasteiger partial charge in [-0.2, -0.15) is 4.98 Å². The Hall–Kier alpha value is -2.90. The summed E-state index contributed by atoms with van der Waals surface area (Å²) in [6.07, 6.45) is 0. The maximum absolute atomic E-state index is 5.49. The zero-order valence-electron chi connectivity index (χ0n) is 17.9. The number of ether oxygens (including phenoxy) is 2. The number of methoxy groups -OCH3 is 2. The summed E-state index contributed by atoms with van der Waals surface area (Å²) in [5.41, 5.74) is 3.55. The molecule has 2 N–H and O–H groups in total. The molecule has 0 unspecified atom stereocenters. The van der Waals surface area contributed by atoms with Gasteiger partial charge in [0, 0.05) is 11.1 Å². The van der Waals surface area contributed by atoms with Gasteiger partial charge in [0.15, 0.2) is 18.0 Å². The van der Waals surface area contributed by atoms with E-state index in [9.17, 15) is 0 Å². The van der Waals surface area contributed by atoms with Crippen LogP contribution in [0.3, 0.4) is 0 Å². The molecule has 1 aliphatic heterocycles. The van der Waals surface area contributed by atoms with Crippen LogP contribution in [0.2, 0.25) is 0 Å². The van der Waals surface area contributed by atoms with Gasteiger partial charge in [0.05, 0.1) is 14.2 Å². The predicted octanol–water partition coefficient (Wildman–Crippen LogP) is 0.546. The van der Waals surface area contributed by atoms with Gasteiger partial charge < -0.3 is 23.8 Å². The molecule has 0 amide bonds. The van der Waals surface area contributed by atoms with Crippen molar-refractivity contribution in [1.29, 1.82) is 0 Å². The van der Waals surface area contributed by atoms with E-state index >= 15 is 0 Å². The summed E-state index contributed by atoms with van der Waals surface area (Å²) in [4.78, 5) is 7.66. The number of rotatable bonds is 7. The zero-order valence-corrected chi connectivity index (χ0v) is 17.9. The lowest BCUT2D eigenvalue weighted by atomic mass is 10.1. The topological polar surface area (TPSA) is 66.3 Å². The van der Waals surface area contributed by atoms with Crippen LogP contribution in [-0.2, 0) is 13.1 Å². The molecule has 2 aromatic carbocycles. The molecule has 1 aliphatic rings. The summed E-state index contributed by atoms with van der Waals surface area (Å²) in [6.45, 7) is 8.32. The van der Waals surface area contributed by atoms with Crippen molar-refractivity contribution in [3.05, 3.63) is 59.5 Å². The van der Waals surface area contributed by atoms with E-state index in [-0.39, 0.29) is 0 Å². The van der Waals surface area contributed by atoms with Gasteiger partial charge in [0.2, 0.25) is 5.82 Å². The molecule has 158 valence electrons. The number of benzene rings is 2. The number of nitrogens with one attached hydrogen (secondary N) is 2. The SMILES string of the molecule is COc1cc(C)c(C[NH+]2CC[NH+](Cc3nc(-c4ccccc4)no3)CC2)cc1OC. The molecule has 7 nitrogen and oxygen atoms in total. The first-order valence-corrected chi connectivity index (χ1v) is 10.4. The third-order valence-corrected chi connectivity index (χ3v) is 5.85. The molecule has 0 radical (unpaired) electrons. The largest absolute Gasteiger partial charge is 0.493 e. The fourth-order valence-corrected chi connectivity index (χ4v) is 4.04. The van der Waals surface area contributed by atoms with Gasteiger partial charge in [0.25, 0.3) is 5.89 Å². The maximum Gasteiger partial charge on any atom is 0.282 e. The van der Waals surface area contributed by atoms with Gasteiger partial charge in [-0.15, -0.1) is 0 Å². The smallest absolute Gasteiger partial charge is 0.282 e. The van der Waals surface area contributed by atoms with E-state index in [4.69, 9.17) is 14.0 Å². The Morgan fingerprint density at radius 1 is 0.900 bits per heavy atom. The van der Waals surface area contributed by atoms with Crippen molar-refractivity contribution in [1.82, 2.24) is 10.1 Å². The number of hydrogen-bond acceptors (Lipinski definition) is 5. The predicted molar refractivity (Wildman–Crippen MR) is 113 cm³/mol. The molecule has 4 rings (SSSR count). The van der Waals surface area contributed by atoms with Crippen LogP contribution in [0.5, 0.6) is 11.5 Å². The number of nitrogens with zero attached hydrogens (tertiary/aromatic N) is 2. The monoisotopic (exact) mass is 410 g/mol. The van der Waals surface area contributed by atoms with Gasteiger partial charge >= 0.3 is 0 Å². The second-order valence-corrected chi connectivity index (χ2v) is 7.86. The Labute approximate surface area is 177 Å². The average Bonchev–Trinajstić information content (AvgIpc) is 3.25. The lowest BCUT2D eigenvalue weighted by Gasteiger charge is -2.29. The first-order valence-electron chi connectivity index (χ1n) is 10.4. The van der Waals surface area contributed by atoms with E-state index in [0.717, 1.165) is 56.3 Å². The third kappa shape index (κ3) is 4.63. The molecule has 0 aliphatic carbocycles. The van der Waals surface area contributed by atoms with E-state index in [1.807, 2.05) is 30.3 Å². The standard InChI is InChI=1S/C23H28N4O3/c1-17-13-20(28-2)21(29-3)14-19(17)15-26-9-11-27(12-10-26)16-22-24-23(25-30-22)18-7-5-4-6-8-18/h4-8,13-14H,9-12,15-16H2,1-3H3/p+2. The van der Waals surface area contributed by atoms with Crippen LogP contribution in [0.15, 0.2) is 47.0 Å². The van der Waals surface area contributed by atoms with Gasteiger partial charge in [0.1, 0.15) is 32.7 Å². The van der Waals surface area contributed by atoms with Crippen molar-refractivity contribution in [2.24, 2.45) is 0 Å². The van der Waals surface area contributed by atoms with Crippen LogP contribution in [-0.4, -0.2) is 50.5 Å². The third-order valence-electron chi connectivity index (χ3n) is 5.85. The molecule has 0 bridgehead atoms. The number of hydrogen-bond donors (Lipinski definition) is 2. The van der Waals surface area contributed by atoms with Crippen LogP contribution in [0.1, 0.15) is 17.0 Å². The first-order chi connectivity index (χ1) is 14.7. The Kier molecular flexibility index (Phi) is 6.30. The van der Waals surface area contributed by atoms with E-state index in [0.29, 0.717) is 11.7 Å². The van der Waals surface area contributed by atoms with Crippen molar-refractivity contribution in [3.63, 3.8) is 0 Å². The molecule has 1 fully saturated rings. The maximum atomic E-state index is 5.49. The quantitative estimate of drug-likeness (QED) is 0.596. The highest BCUT2D eigenvalue weighted by molar-refractivity contribution is 5.53. The summed E-state index contributed by atoms with van der Waals surface area (Å²) >= 11 is 0. The van der Waals surface area contributed by atoms with Crippen LogP contribution in [0.4, 0.5) is 0 Å². The van der Waals surface area contributed by atoms with E-state index in [1.54, 1.807) is 19.1 Å². The summed E-state index contributed by atoms with van der Waals surface area (Å²) in [5.74, 6) is 2.96. The number of aromatic nitrogens is 2. The van der Waals surface area contributed by atoms with Crippen LogP contribution < -0.4 is 19.3 Å². The summed E-state index contributed by atoms with van der Waals surface area (Å²) in [7, 11) is 3.36. The zero-order chi connectivity index (χ0) is 20.9. The van der Waals surface area contributed by atoms with Gasteiger partial charge in [-0.1, -0.05) is 35.5 Å². The minimum absolute atomic E-state index is 0.665. The number of quaternary nitrogens is 2. The molecule has 3 aromatic rings. The fraction of sp³-hybridized carbons (Fsp3) is 0.391. The van der Waals surface area contributed by atoms with E-state index in [1.165, 1.54) is 16.0 Å². The summed E-state index contributed by atoms with van der Waals surface area (Å²) < 4.78 is 16.4. The van der Waals surface area contributed by atoms with Crippen molar-refractivity contribution in [3.8, 4) is 22.9 Å². The highest BCUT2D eigenvalue weighted by Gasteiger charge is 2.26. The normalized spacial score (nSPS) is 18.9. The molecule has 0 saturated carbocycles. The molecule has 0 spiro atoms. The Morgan fingerprint density at radius 2 is 1.53 bits per heavy atom. The Morgan fingerprint density at radius 3 is 2.20 bits per heavy atom. The van der Waals surface area contributed by atoms with Gasteiger partial charge in [-0.3, -0.25) is 0 Å². The Balaban J connectivity index is 1.32. The van der Waals surface area contributed by atoms with Crippen LogP contribution in [0.25, 0.3) is 11.4 Å². The van der Waals surface area contributed by atoms with Crippen molar-refractivity contribution >= 4 is 0 Å². The van der Waals surface area contributed by atoms with Gasteiger partial charge in [-0.05, 0) is 24.6 Å². The fourth-order valence-electron chi connectivity index (χ4n) is 4.04. The summed E-state index contributed by atoms with van der Waals surface area (Å²) in [5, 5.41) is 4.14. The summed E-state index contributed by atoms with van der Waals surface area (Å²) in [6, 6.07) is 14.1. The number of piperazine rings is 1. The minimum atomic E-state index is 0.665. The van der Waals surface area contributed by atoms with Crippen molar-refractivity contribution in [2.45, 2.75) is 20.0 Å². The van der Waals surface area contributed by atoms with Crippen LogP contribution in [0, 0.1) is 6.92 Å². The van der Waals surface area contributed by atoms with Crippen molar-refractivity contribution < 1.29 is 23.8 Å². The first kappa shape index (κ1) is 20.4. The minimum Gasteiger partial charge on any atom is -0.493 e. The molecule has 2 heterocycles. The van der Waals surface area contributed by atoms with Crippen LogP contribution >= 0.6 is 0 Å². The second-order valence-electron chi connectivity index (χ2n) is 7.86. The molecular weight excluding hydrogens is 380 g/mol. The molecule has 1 saturated heterocycles. The highest BCUT2D eigenvalue weighted by atomic mass is 16.5. The van der Waals surface area contributed by atoms with Crippen molar-refractivity contribution in [2.75, 3.05) is 40.4 Å². The van der Waals surface area contributed by atoms with Gasteiger partial charge in [-0.25, -0.2) is 0 Å². The second kappa shape index (κ2) is 9.28. The average molecular weight is 411 g/mol. The lowest BCUT2D eigenvalue weighted by Crippen LogP contribution is -3.27. The molecule has 30 heavy (non-hydrogen) atoms. The van der Waals surface area contributed by atoms with E-state index < -0.39 is 0 Å². The molecule has 1 aromatic heterocycles. The molecular formula is C23H30N4O3+2.